The van der Waals surface area contributed by atoms with Crippen molar-refractivity contribution in [2.24, 2.45) is 0 Å². The summed E-state index contributed by atoms with van der Waals surface area (Å²) in [5.41, 5.74) is 2.45. The highest BCUT2D eigenvalue weighted by atomic mass is 79.9. The van der Waals surface area contributed by atoms with E-state index < -0.39 is 10.8 Å². The molecule has 0 radical (unpaired) electrons. The van der Waals surface area contributed by atoms with Gasteiger partial charge in [0.2, 0.25) is 0 Å². The summed E-state index contributed by atoms with van der Waals surface area (Å²) >= 11 is 14.0. The molecule has 0 spiro atoms. The van der Waals surface area contributed by atoms with E-state index in [-0.39, 0.29) is 27.9 Å². The molecule has 2 heterocycles. The van der Waals surface area contributed by atoms with Crippen molar-refractivity contribution in [1.82, 2.24) is 10.3 Å². The van der Waals surface area contributed by atoms with Crippen LogP contribution in [0.5, 0.6) is 0 Å². The molecule has 5 aromatic rings. The number of amides is 1. The molecule has 1 amide bonds. The fourth-order valence-corrected chi connectivity index (χ4v) is 6.12. The van der Waals surface area contributed by atoms with Gasteiger partial charge in [-0.15, -0.1) is 11.3 Å². The summed E-state index contributed by atoms with van der Waals surface area (Å²) < 4.78 is 8.21. The Morgan fingerprint density at radius 3 is 2.57 bits per heavy atom. The zero-order chi connectivity index (χ0) is 26.1. The van der Waals surface area contributed by atoms with Crippen LogP contribution in [-0.2, 0) is 0 Å². The van der Waals surface area contributed by atoms with E-state index >= 15 is 0 Å². The molecule has 0 bridgehead atoms. The number of para-hydroxylation sites is 2. The van der Waals surface area contributed by atoms with E-state index in [1.54, 1.807) is 18.2 Å². The van der Waals surface area contributed by atoms with Crippen molar-refractivity contribution < 1.29 is 14.1 Å². The molecule has 0 aliphatic heterocycles. The lowest BCUT2D eigenvalue weighted by Crippen LogP contribution is -2.34. The fourth-order valence-electron chi connectivity index (χ4n) is 3.61. The molecule has 37 heavy (non-hydrogen) atoms. The SMILES string of the molecule is O=C(NC(=S)Nc1c(Br)cc(Br)cc1-c1nc2ccccc2s1)c1ccc(-c2ccccc2[N+](=O)[O-])o1. The Kier molecular flexibility index (Phi) is 7.15. The minimum Gasteiger partial charge on any atom is -0.451 e. The number of carbonyl (C=O) groups excluding carboxylic acids is 1. The van der Waals surface area contributed by atoms with Crippen LogP contribution < -0.4 is 10.6 Å². The maximum atomic E-state index is 12.8. The van der Waals surface area contributed by atoms with Gasteiger partial charge in [-0.2, -0.15) is 0 Å². The average molecular weight is 658 g/mol. The van der Waals surface area contributed by atoms with Crippen LogP contribution in [0, 0.1) is 10.1 Å². The molecule has 0 fully saturated rings. The van der Waals surface area contributed by atoms with E-state index in [1.165, 1.54) is 29.5 Å². The molecule has 0 atom stereocenters. The number of nitrogens with one attached hydrogen (secondary N) is 2. The summed E-state index contributed by atoms with van der Waals surface area (Å²) in [6.45, 7) is 0. The summed E-state index contributed by atoms with van der Waals surface area (Å²) in [7, 11) is 0. The molecular weight excluding hydrogens is 644 g/mol. The fraction of sp³-hybridized carbons (Fsp3) is 0. The van der Waals surface area contributed by atoms with Gasteiger partial charge in [-0.3, -0.25) is 20.2 Å². The number of fused-ring (bicyclic) bond motifs is 1. The largest absolute Gasteiger partial charge is 0.451 e. The van der Waals surface area contributed by atoms with Crippen molar-refractivity contribution in [1.29, 1.82) is 0 Å². The normalized spacial score (nSPS) is 10.9. The van der Waals surface area contributed by atoms with E-state index in [9.17, 15) is 14.9 Å². The van der Waals surface area contributed by atoms with E-state index in [4.69, 9.17) is 21.6 Å². The molecule has 0 saturated carbocycles. The van der Waals surface area contributed by atoms with Gasteiger partial charge in [0.05, 0.1) is 26.4 Å². The molecule has 3 aromatic carbocycles. The van der Waals surface area contributed by atoms with E-state index in [0.717, 1.165) is 25.3 Å². The Balaban J connectivity index is 1.37. The second-order valence-electron chi connectivity index (χ2n) is 7.64. The number of halogens is 2. The number of rotatable bonds is 5. The molecule has 2 aromatic heterocycles. The molecule has 184 valence electrons. The molecule has 8 nitrogen and oxygen atoms in total. The van der Waals surface area contributed by atoms with Gasteiger partial charge in [-0.05, 0) is 70.6 Å². The van der Waals surface area contributed by atoms with Crippen LogP contribution >= 0.6 is 55.4 Å². The summed E-state index contributed by atoms with van der Waals surface area (Å²) in [6, 6.07) is 20.7. The highest BCUT2D eigenvalue weighted by Gasteiger charge is 2.21. The van der Waals surface area contributed by atoms with Crippen molar-refractivity contribution >= 4 is 88.0 Å². The number of nitro groups is 1. The van der Waals surface area contributed by atoms with Gasteiger partial charge >= 0.3 is 0 Å². The number of nitrogens with zero attached hydrogens (tertiary/aromatic N) is 2. The van der Waals surface area contributed by atoms with Gasteiger partial charge in [0.25, 0.3) is 11.6 Å². The molecule has 2 N–H and O–H groups in total. The Bertz CT molecular complexity index is 1670. The summed E-state index contributed by atoms with van der Waals surface area (Å²) in [6.07, 6.45) is 0. The minimum atomic E-state index is -0.600. The van der Waals surface area contributed by atoms with Crippen LogP contribution in [0.1, 0.15) is 10.6 Å². The van der Waals surface area contributed by atoms with Crippen molar-refractivity contribution in [3.8, 4) is 21.9 Å². The predicted molar refractivity (Wildman–Crippen MR) is 155 cm³/mol. The van der Waals surface area contributed by atoms with Crippen LogP contribution in [0.25, 0.3) is 32.1 Å². The van der Waals surface area contributed by atoms with Crippen molar-refractivity contribution in [2.45, 2.75) is 0 Å². The summed E-state index contributed by atoms with van der Waals surface area (Å²) in [4.78, 5) is 28.4. The molecule has 0 unspecified atom stereocenters. The quantitative estimate of drug-likeness (QED) is 0.113. The third-order valence-corrected chi connectivity index (χ3v) is 7.60. The van der Waals surface area contributed by atoms with Crippen molar-refractivity contribution in [3.05, 3.63) is 97.6 Å². The topological polar surface area (TPSA) is 110 Å². The number of hydrogen-bond donors (Lipinski definition) is 2. The average Bonchev–Trinajstić information content (AvgIpc) is 3.53. The standard InChI is InChI=1S/C25H14Br2N4O4S2/c26-13-11-15(24-28-17-6-2-4-8-21(17)37-24)22(16(27)12-13)29-25(36)30-23(32)20-10-9-19(35-20)14-5-1-3-7-18(14)31(33)34/h1-12H,(H2,29,30,32,36). The zero-order valence-corrected chi connectivity index (χ0v) is 23.3. The maximum absolute atomic E-state index is 12.8. The number of furan rings is 1. The van der Waals surface area contributed by atoms with Crippen LogP contribution in [0.2, 0.25) is 0 Å². The lowest BCUT2D eigenvalue weighted by atomic mass is 10.1. The lowest BCUT2D eigenvalue weighted by Gasteiger charge is -2.14. The highest BCUT2D eigenvalue weighted by Crippen LogP contribution is 2.40. The number of thiazole rings is 1. The highest BCUT2D eigenvalue weighted by molar-refractivity contribution is 9.11. The van der Waals surface area contributed by atoms with Crippen LogP contribution in [0.4, 0.5) is 11.4 Å². The van der Waals surface area contributed by atoms with E-state index in [1.807, 2.05) is 36.4 Å². The number of benzene rings is 3. The molecule has 0 saturated heterocycles. The Morgan fingerprint density at radius 2 is 1.78 bits per heavy atom. The van der Waals surface area contributed by atoms with Gasteiger partial charge in [0.15, 0.2) is 10.9 Å². The van der Waals surface area contributed by atoms with Crippen LogP contribution in [0.15, 0.2) is 86.2 Å². The third-order valence-electron chi connectivity index (χ3n) is 5.24. The van der Waals surface area contributed by atoms with Crippen LogP contribution in [-0.4, -0.2) is 20.9 Å². The summed E-state index contributed by atoms with van der Waals surface area (Å²) in [5.74, 6) is -0.444. The zero-order valence-electron chi connectivity index (χ0n) is 18.5. The monoisotopic (exact) mass is 656 g/mol. The first-order chi connectivity index (χ1) is 17.8. The second kappa shape index (κ2) is 10.5. The van der Waals surface area contributed by atoms with E-state index in [2.05, 4.69) is 42.5 Å². The van der Waals surface area contributed by atoms with Crippen molar-refractivity contribution in [2.75, 3.05) is 5.32 Å². The lowest BCUT2D eigenvalue weighted by molar-refractivity contribution is -0.384. The first-order valence-electron chi connectivity index (χ1n) is 10.6. The minimum absolute atomic E-state index is 0.0408. The summed E-state index contributed by atoms with van der Waals surface area (Å²) in [5, 5.41) is 17.8. The Hall–Kier alpha value is -3.45. The smallest absolute Gasteiger partial charge is 0.293 e. The molecule has 0 aliphatic rings. The number of aromatic nitrogens is 1. The number of carbonyl (C=O) groups is 1. The van der Waals surface area contributed by atoms with Gasteiger partial charge < -0.3 is 9.73 Å². The molecule has 12 heteroatoms. The molecule has 0 aliphatic carbocycles. The number of nitro benzene ring substituents is 1. The Morgan fingerprint density at radius 1 is 1.03 bits per heavy atom. The van der Waals surface area contributed by atoms with Gasteiger partial charge in [0, 0.05) is 20.6 Å². The van der Waals surface area contributed by atoms with E-state index in [0.29, 0.717) is 10.2 Å². The number of hydrogen-bond acceptors (Lipinski definition) is 7. The molecule has 5 rings (SSSR count). The number of thiocarbonyl (C=S) groups is 1. The van der Waals surface area contributed by atoms with Crippen LogP contribution in [0.3, 0.4) is 0 Å². The third kappa shape index (κ3) is 5.32. The second-order valence-corrected chi connectivity index (χ2v) is 10.9. The van der Waals surface area contributed by atoms with Gasteiger partial charge in [0.1, 0.15) is 10.8 Å². The van der Waals surface area contributed by atoms with Crippen molar-refractivity contribution in [3.63, 3.8) is 0 Å². The van der Waals surface area contributed by atoms with Gasteiger partial charge in [-0.1, -0.05) is 40.2 Å². The Labute approximate surface area is 236 Å². The number of anilines is 1. The maximum Gasteiger partial charge on any atom is 0.293 e. The first kappa shape index (κ1) is 25.2. The molecular formula is C25H14Br2N4O4S2. The van der Waals surface area contributed by atoms with Gasteiger partial charge in [-0.25, -0.2) is 4.98 Å². The predicted octanol–water partition coefficient (Wildman–Crippen LogP) is 7.78. The first-order valence-corrected chi connectivity index (χ1v) is 13.4.